The number of halogens is 2. The number of aliphatic hydroxyl groups is 1. The van der Waals surface area contributed by atoms with Crippen LogP contribution in [0.3, 0.4) is 0 Å². The molecule has 1 aliphatic rings. The first kappa shape index (κ1) is 38.1. The maximum absolute atomic E-state index is 13.8. The number of benzene rings is 2. The molecule has 3 aromatic rings. The lowest BCUT2D eigenvalue weighted by Crippen LogP contribution is -2.48. The third-order valence-electron chi connectivity index (χ3n) is 8.22. The Balaban J connectivity index is 1.66. The van der Waals surface area contributed by atoms with Gasteiger partial charge in [0.25, 0.3) is 17.7 Å². The Morgan fingerprint density at radius 1 is 1.20 bits per heavy atom. The van der Waals surface area contributed by atoms with E-state index in [9.17, 15) is 24.3 Å². The molecule has 5 N–H and O–H groups in total. The van der Waals surface area contributed by atoms with E-state index in [1.165, 1.54) is 24.1 Å². The highest BCUT2D eigenvalue weighted by atomic mass is 127. The summed E-state index contributed by atoms with van der Waals surface area (Å²) in [6, 6.07) is 12.4. The number of nitrogens with zero attached hydrogens (tertiary/aromatic N) is 3. The number of hydrogen-bond acceptors (Lipinski definition) is 6. The Morgan fingerprint density at radius 3 is 2.66 bits per heavy atom. The van der Waals surface area contributed by atoms with E-state index in [-0.39, 0.29) is 29.9 Å². The molecule has 3 atom stereocenters. The molecule has 11 nitrogen and oxygen atoms in total. The molecule has 0 saturated carbocycles. The smallest absolute Gasteiger partial charge is 0.291 e. The van der Waals surface area contributed by atoms with Gasteiger partial charge >= 0.3 is 0 Å². The molecule has 260 valence electrons. The van der Waals surface area contributed by atoms with Crippen LogP contribution in [0.1, 0.15) is 43.2 Å². The first-order valence-electron chi connectivity index (χ1n) is 15.8. The normalized spacial score (nSPS) is 16.8. The summed E-state index contributed by atoms with van der Waals surface area (Å²) in [6.45, 7) is 9.48. The lowest BCUT2D eigenvalue weighted by molar-refractivity contribution is -0.138. The summed E-state index contributed by atoms with van der Waals surface area (Å²) in [7, 11) is 0. The molecule has 1 saturated heterocycles. The molecular formula is C37H38ClIN6O5. The summed E-state index contributed by atoms with van der Waals surface area (Å²) in [5.74, 6) is -3.08. The fraction of sp³-hybridized carbons (Fsp3) is 0.243. The number of likely N-dealkylation sites (tertiary alicyclic amines) is 1. The first-order valence-corrected chi connectivity index (χ1v) is 17.2. The van der Waals surface area contributed by atoms with Gasteiger partial charge in [-0.3, -0.25) is 22.7 Å². The fourth-order valence-corrected chi connectivity index (χ4v) is 6.16. The number of nitrogens with two attached hydrogens (primary N) is 1. The van der Waals surface area contributed by atoms with Gasteiger partial charge in [0.1, 0.15) is 11.8 Å². The molecule has 13 heteroatoms. The molecule has 0 spiro atoms. The Bertz CT molecular complexity index is 1930. The van der Waals surface area contributed by atoms with Gasteiger partial charge in [0.15, 0.2) is 0 Å². The van der Waals surface area contributed by atoms with Crippen molar-refractivity contribution in [2.75, 3.05) is 6.54 Å². The number of aromatic nitrogens is 1. The molecular weight excluding hydrogens is 771 g/mol. The van der Waals surface area contributed by atoms with Crippen molar-refractivity contribution in [1.29, 1.82) is 0 Å². The van der Waals surface area contributed by atoms with Crippen molar-refractivity contribution in [3.05, 3.63) is 119 Å². The summed E-state index contributed by atoms with van der Waals surface area (Å²) in [4.78, 5) is 66.7. The molecule has 2 aromatic carbocycles. The van der Waals surface area contributed by atoms with Gasteiger partial charge in [-0.2, -0.15) is 0 Å². The van der Waals surface area contributed by atoms with Crippen LogP contribution >= 0.6 is 34.5 Å². The standard InChI is InChI=1S/C37H38ClIN6O5/c1-4-24(15-14-22(2)46)17-30(40)37(50)45-16-8-13-33(45)36(49)43-32(19-26-20-41-31-12-6-5-11-28(26)31)35(48)42-21-29(23(3)34(47)44-39)25-9-7-10-27(38)18-25/h4-7,9-12,14-15,18,20-21,29-30,33,41,46H,1,3,8,13,16-17,19,40H2,2H3,(H,44,47)/b22-14+,24-15+,42-21?,43-32?/t29?,30-,33?/m0/s1. The highest BCUT2D eigenvalue weighted by Crippen LogP contribution is 2.26. The van der Waals surface area contributed by atoms with Gasteiger partial charge in [-0.05, 0) is 67.2 Å². The second kappa shape index (κ2) is 17.8. The van der Waals surface area contributed by atoms with Crippen LogP contribution in [0.2, 0.25) is 5.02 Å². The summed E-state index contributed by atoms with van der Waals surface area (Å²) in [5.41, 5.74) is 9.04. The van der Waals surface area contributed by atoms with Crippen molar-refractivity contribution in [2.45, 2.75) is 50.6 Å². The number of carbonyl (C=O) groups is 4. The number of H-pyrrole nitrogens is 1. The zero-order valence-electron chi connectivity index (χ0n) is 27.4. The number of fused-ring (bicyclic) bond motifs is 1. The molecule has 4 amide bonds. The van der Waals surface area contributed by atoms with Gasteiger partial charge in [0.05, 0.1) is 34.7 Å². The van der Waals surface area contributed by atoms with E-state index >= 15 is 0 Å². The maximum atomic E-state index is 13.8. The minimum Gasteiger partial charge on any atom is -0.513 e. The Hall–Kier alpha value is -4.66. The minimum atomic E-state index is -0.975. The van der Waals surface area contributed by atoms with Crippen LogP contribution < -0.4 is 9.26 Å². The maximum Gasteiger partial charge on any atom is 0.291 e. The lowest BCUT2D eigenvalue weighted by atomic mass is 9.92. The molecule has 2 heterocycles. The molecule has 0 radical (unpaired) electrons. The molecule has 1 aliphatic heterocycles. The van der Waals surface area contributed by atoms with Crippen LogP contribution in [0, 0.1) is 0 Å². The zero-order chi connectivity index (χ0) is 36.4. The van der Waals surface area contributed by atoms with Crippen LogP contribution in [0.15, 0.2) is 113 Å². The fourth-order valence-electron chi connectivity index (χ4n) is 5.61. The van der Waals surface area contributed by atoms with Crippen molar-refractivity contribution in [3.8, 4) is 0 Å². The van der Waals surface area contributed by atoms with Gasteiger partial charge in [-0.15, -0.1) is 0 Å². The predicted octanol–water partition coefficient (Wildman–Crippen LogP) is 6.02. The Kier molecular flexibility index (Phi) is 13.6. The molecule has 2 unspecified atom stereocenters. The predicted molar refractivity (Wildman–Crippen MR) is 205 cm³/mol. The quantitative estimate of drug-likeness (QED) is 0.0411. The number of para-hydroxylation sites is 1. The monoisotopic (exact) mass is 808 g/mol. The Morgan fingerprint density at radius 2 is 1.96 bits per heavy atom. The molecule has 50 heavy (non-hydrogen) atoms. The van der Waals surface area contributed by atoms with Crippen LogP contribution in [0.25, 0.3) is 10.9 Å². The second-order valence-corrected chi connectivity index (χ2v) is 12.7. The van der Waals surface area contributed by atoms with E-state index in [4.69, 9.17) is 17.3 Å². The number of hydrogen-bond donors (Lipinski definition) is 4. The van der Waals surface area contributed by atoms with Gasteiger partial charge < -0.3 is 20.7 Å². The van der Waals surface area contributed by atoms with Crippen LogP contribution in [-0.2, 0) is 25.6 Å². The topological polar surface area (TPSA) is 170 Å². The summed E-state index contributed by atoms with van der Waals surface area (Å²) in [6.07, 6.45) is 8.68. The van der Waals surface area contributed by atoms with Crippen LogP contribution in [-0.4, -0.2) is 69.2 Å². The third-order valence-corrected chi connectivity index (χ3v) is 8.95. The van der Waals surface area contributed by atoms with Gasteiger partial charge in [0, 0.05) is 52.8 Å². The molecule has 0 aliphatic carbocycles. The highest BCUT2D eigenvalue weighted by molar-refractivity contribution is 14.1. The average molecular weight is 809 g/mol. The SMILES string of the molecule is C=C/C(=C\C=C(/C)O)C[C@H](N)C(=O)N1CCCC1C(=O)N=C(Cc1c[nH]c2ccccc12)C(=O)N=CC(C(=C)C(=O)NI)c1cccc(Cl)c1. The van der Waals surface area contributed by atoms with E-state index in [1.54, 1.807) is 65.5 Å². The number of allylic oxidation sites excluding steroid dienone is 4. The van der Waals surface area contributed by atoms with Crippen molar-refractivity contribution in [3.63, 3.8) is 0 Å². The summed E-state index contributed by atoms with van der Waals surface area (Å²) in [5, 5.41) is 10.8. The van der Waals surface area contributed by atoms with Crippen molar-refractivity contribution in [1.82, 2.24) is 13.4 Å². The molecule has 1 aromatic heterocycles. The van der Waals surface area contributed by atoms with Gasteiger partial charge in [0.2, 0.25) is 5.91 Å². The average Bonchev–Trinajstić information content (AvgIpc) is 3.76. The van der Waals surface area contributed by atoms with E-state index in [1.807, 2.05) is 24.3 Å². The zero-order valence-corrected chi connectivity index (χ0v) is 30.4. The largest absolute Gasteiger partial charge is 0.513 e. The number of amides is 4. The second-order valence-electron chi connectivity index (χ2n) is 11.8. The Labute approximate surface area is 309 Å². The number of aliphatic hydroxyl groups excluding tert-OH is 1. The number of rotatable bonds is 13. The van der Waals surface area contributed by atoms with E-state index < -0.39 is 41.6 Å². The minimum absolute atomic E-state index is 0.0333. The molecule has 0 bridgehead atoms. The van der Waals surface area contributed by atoms with Crippen LogP contribution in [0.4, 0.5) is 0 Å². The lowest BCUT2D eigenvalue weighted by Gasteiger charge is -2.25. The molecule has 1 fully saturated rings. The van der Waals surface area contributed by atoms with E-state index in [0.29, 0.717) is 41.1 Å². The molecule has 4 rings (SSSR count). The number of aromatic amines is 1. The number of aliphatic imine (C=N–C) groups is 2. The summed E-state index contributed by atoms with van der Waals surface area (Å²) >= 11 is 7.92. The van der Waals surface area contributed by atoms with E-state index in [0.717, 1.165) is 10.9 Å². The number of nitrogens with one attached hydrogen (secondary N) is 2. The van der Waals surface area contributed by atoms with Gasteiger partial charge in [-0.25, -0.2) is 9.98 Å². The van der Waals surface area contributed by atoms with Crippen LogP contribution in [0.5, 0.6) is 0 Å². The van der Waals surface area contributed by atoms with Crippen molar-refractivity contribution in [2.24, 2.45) is 15.7 Å². The number of carbonyl (C=O) groups excluding carboxylic acids is 4. The van der Waals surface area contributed by atoms with Crippen molar-refractivity contribution >= 4 is 80.9 Å². The van der Waals surface area contributed by atoms with Gasteiger partial charge in [-0.1, -0.05) is 67.2 Å². The summed E-state index contributed by atoms with van der Waals surface area (Å²) < 4.78 is 2.51. The van der Waals surface area contributed by atoms with E-state index in [2.05, 4.69) is 31.7 Å². The highest BCUT2D eigenvalue weighted by Gasteiger charge is 2.36. The first-order chi connectivity index (χ1) is 23.9. The van der Waals surface area contributed by atoms with Crippen molar-refractivity contribution < 1.29 is 24.3 Å². The third kappa shape index (κ3) is 9.73.